The molecule has 13 heavy (non-hydrogen) atoms. The summed E-state index contributed by atoms with van der Waals surface area (Å²) in [5.74, 6) is 4.30. The lowest BCUT2D eigenvalue weighted by molar-refractivity contribution is -0.103. The van der Waals surface area contributed by atoms with Gasteiger partial charge in [-0.2, -0.15) is 0 Å². The minimum Gasteiger partial charge on any atom is -0.326 e. The van der Waals surface area contributed by atoms with E-state index in [1.54, 1.807) is 12.1 Å². The molecule has 1 rings (SSSR count). The molecule has 0 heterocycles. The van der Waals surface area contributed by atoms with Crippen molar-refractivity contribution in [3.8, 4) is 11.8 Å². The number of aldehydes is 1. The van der Waals surface area contributed by atoms with Crippen molar-refractivity contribution >= 4 is 6.29 Å². The summed E-state index contributed by atoms with van der Waals surface area (Å²) in [4.78, 5) is 9.90. The minimum atomic E-state index is -0.389. The summed E-state index contributed by atoms with van der Waals surface area (Å²) < 4.78 is 13.0. The third kappa shape index (κ3) is 2.39. The molecule has 0 unspecified atom stereocenters. The van der Waals surface area contributed by atoms with Gasteiger partial charge in [0.1, 0.15) is 5.82 Å². The average molecular weight is 177 g/mol. The van der Waals surface area contributed by atoms with Crippen LogP contribution in [0.5, 0.6) is 0 Å². The van der Waals surface area contributed by atoms with Crippen molar-refractivity contribution in [1.29, 1.82) is 0 Å². The van der Waals surface area contributed by atoms with Gasteiger partial charge in [-0.25, -0.2) is 4.39 Å². The van der Waals surface area contributed by atoms with Crippen LogP contribution < -0.4 is 5.73 Å². The fourth-order valence-electron chi connectivity index (χ4n) is 0.903. The minimum absolute atomic E-state index is 0.160. The molecule has 3 heteroatoms. The maximum Gasteiger partial charge on any atom is 0.193 e. The molecule has 0 saturated carbocycles. The van der Waals surface area contributed by atoms with E-state index in [2.05, 4.69) is 11.8 Å². The molecule has 0 fully saturated rings. The van der Waals surface area contributed by atoms with Crippen LogP contribution in [-0.2, 0) is 11.3 Å². The summed E-state index contributed by atoms with van der Waals surface area (Å²) in [6, 6.07) is 4.45. The number of nitrogens with two attached hydrogens (primary N) is 1. The van der Waals surface area contributed by atoms with Crippen LogP contribution >= 0.6 is 0 Å². The van der Waals surface area contributed by atoms with E-state index >= 15 is 0 Å². The van der Waals surface area contributed by atoms with Crippen LogP contribution in [0, 0.1) is 17.7 Å². The quantitative estimate of drug-likeness (QED) is 0.510. The number of carbonyl (C=O) groups excluding carboxylic acids is 1. The second-order valence-electron chi connectivity index (χ2n) is 2.40. The molecule has 66 valence electrons. The largest absolute Gasteiger partial charge is 0.326 e. The zero-order chi connectivity index (χ0) is 9.68. The van der Waals surface area contributed by atoms with Gasteiger partial charge in [0, 0.05) is 17.7 Å². The lowest BCUT2D eigenvalue weighted by Crippen LogP contribution is -1.99. The molecule has 0 radical (unpaired) electrons. The predicted octanol–water partition coefficient (Wildman–Crippen LogP) is 0.835. The molecule has 2 N–H and O–H groups in total. The van der Waals surface area contributed by atoms with E-state index in [0.29, 0.717) is 17.4 Å². The molecular formula is C10H8FNO. The van der Waals surface area contributed by atoms with Gasteiger partial charge in [-0.3, -0.25) is 4.79 Å². The molecule has 0 atom stereocenters. The number of benzene rings is 1. The Kier molecular flexibility index (Phi) is 3.18. The summed E-state index contributed by atoms with van der Waals surface area (Å²) in [6.07, 6.45) is 0.467. The molecule has 0 aliphatic heterocycles. The van der Waals surface area contributed by atoms with Gasteiger partial charge in [0.15, 0.2) is 6.29 Å². The zero-order valence-corrected chi connectivity index (χ0v) is 6.88. The van der Waals surface area contributed by atoms with Crippen molar-refractivity contribution < 1.29 is 9.18 Å². The van der Waals surface area contributed by atoms with Gasteiger partial charge in [-0.1, -0.05) is 12.0 Å². The van der Waals surface area contributed by atoms with Gasteiger partial charge in [0.2, 0.25) is 0 Å². The number of halogens is 1. The normalized spacial score (nSPS) is 8.77. The summed E-state index contributed by atoms with van der Waals surface area (Å²) in [6.45, 7) is 0.160. The first-order valence-electron chi connectivity index (χ1n) is 3.71. The van der Waals surface area contributed by atoms with Crippen molar-refractivity contribution in [3.63, 3.8) is 0 Å². The molecule has 0 aromatic heterocycles. The standard InChI is InChI=1S/C10H8FNO/c11-10-6-8(2-1-5-13)3-4-9(10)7-12/h3-6H,7,12H2. The second kappa shape index (κ2) is 4.39. The van der Waals surface area contributed by atoms with Gasteiger partial charge in [0.25, 0.3) is 0 Å². The zero-order valence-electron chi connectivity index (χ0n) is 6.88. The van der Waals surface area contributed by atoms with Crippen LogP contribution in [0.15, 0.2) is 18.2 Å². The van der Waals surface area contributed by atoms with Crippen LogP contribution in [-0.4, -0.2) is 6.29 Å². The molecule has 1 aromatic carbocycles. The molecule has 0 amide bonds. The predicted molar refractivity (Wildman–Crippen MR) is 47.2 cm³/mol. The lowest BCUT2D eigenvalue weighted by atomic mass is 10.1. The van der Waals surface area contributed by atoms with Crippen molar-refractivity contribution in [2.75, 3.05) is 0 Å². The summed E-state index contributed by atoms with van der Waals surface area (Å²) in [7, 11) is 0. The Balaban J connectivity index is 3.02. The Hall–Kier alpha value is -1.66. The fraction of sp³-hybridized carbons (Fsp3) is 0.100. The topological polar surface area (TPSA) is 43.1 Å². The van der Waals surface area contributed by atoms with Crippen LogP contribution in [0.25, 0.3) is 0 Å². The van der Waals surface area contributed by atoms with Gasteiger partial charge >= 0.3 is 0 Å². The van der Waals surface area contributed by atoms with Crippen LogP contribution in [0.4, 0.5) is 4.39 Å². The number of carbonyl (C=O) groups is 1. The average Bonchev–Trinajstić information content (AvgIpc) is 2.15. The third-order valence-electron chi connectivity index (χ3n) is 1.55. The molecule has 1 aromatic rings. The van der Waals surface area contributed by atoms with Crippen LogP contribution in [0.2, 0.25) is 0 Å². The maximum atomic E-state index is 13.0. The van der Waals surface area contributed by atoms with E-state index in [1.807, 2.05) is 0 Å². The van der Waals surface area contributed by atoms with E-state index in [-0.39, 0.29) is 12.4 Å². The Bertz CT molecular complexity index is 376. The van der Waals surface area contributed by atoms with E-state index in [0.717, 1.165) is 0 Å². The highest BCUT2D eigenvalue weighted by molar-refractivity contribution is 5.73. The van der Waals surface area contributed by atoms with Crippen molar-refractivity contribution in [3.05, 3.63) is 35.1 Å². The first-order chi connectivity index (χ1) is 6.27. The summed E-state index contributed by atoms with van der Waals surface area (Å²) >= 11 is 0. The molecule has 0 aliphatic rings. The SMILES string of the molecule is NCc1ccc(C#CC=O)cc1F. The third-order valence-corrected chi connectivity index (χ3v) is 1.55. The van der Waals surface area contributed by atoms with Gasteiger partial charge < -0.3 is 5.73 Å². The Labute approximate surface area is 75.6 Å². The fourth-order valence-corrected chi connectivity index (χ4v) is 0.903. The first-order valence-corrected chi connectivity index (χ1v) is 3.71. The molecular weight excluding hydrogens is 169 g/mol. The van der Waals surface area contributed by atoms with Gasteiger partial charge in [0.05, 0.1) is 0 Å². The van der Waals surface area contributed by atoms with E-state index < -0.39 is 0 Å². The highest BCUT2D eigenvalue weighted by atomic mass is 19.1. The Morgan fingerprint density at radius 2 is 2.31 bits per heavy atom. The van der Waals surface area contributed by atoms with E-state index in [1.165, 1.54) is 6.07 Å². The highest BCUT2D eigenvalue weighted by Crippen LogP contribution is 2.08. The monoisotopic (exact) mass is 177 g/mol. The van der Waals surface area contributed by atoms with E-state index in [9.17, 15) is 9.18 Å². The first kappa shape index (κ1) is 9.43. The summed E-state index contributed by atoms with van der Waals surface area (Å²) in [5, 5.41) is 0. The second-order valence-corrected chi connectivity index (χ2v) is 2.40. The van der Waals surface area contributed by atoms with E-state index in [4.69, 9.17) is 5.73 Å². The smallest absolute Gasteiger partial charge is 0.193 e. The number of rotatable bonds is 1. The number of hydrogen-bond donors (Lipinski definition) is 1. The van der Waals surface area contributed by atoms with Crippen LogP contribution in [0.1, 0.15) is 11.1 Å². The van der Waals surface area contributed by atoms with Crippen molar-refractivity contribution in [2.24, 2.45) is 5.73 Å². The number of hydrogen-bond acceptors (Lipinski definition) is 2. The lowest BCUT2D eigenvalue weighted by Gasteiger charge is -1.98. The molecule has 0 spiro atoms. The van der Waals surface area contributed by atoms with Gasteiger partial charge in [-0.15, -0.1) is 0 Å². The van der Waals surface area contributed by atoms with Gasteiger partial charge in [-0.05, 0) is 18.1 Å². The molecule has 0 saturated heterocycles. The Morgan fingerprint density at radius 3 is 2.85 bits per heavy atom. The summed E-state index contributed by atoms with van der Waals surface area (Å²) in [5.41, 5.74) is 6.18. The Morgan fingerprint density at radius 1 is 1.54 bits per heavy atom. The van der Waals surface area contributed by atoms with Crippen molar-refractivity contribution in [1.82, 2.24) is 0 Å². The molecule has 0 bridgehead atoms. The molecule has 0 aliphatic carbocycles. The maximum absolute atomic E-state index is 13.0. The van der Waals surface area contributed by atoms with Crippen LogP contribution in [0.3, 0.4) is 0 Å². The van der Waals surface area contributed by atoms with Crippen molar-refractivity contribution in [2.45, 2.75) is 6.54 Å². The highest BCUT2D eigenvalue weighted by Gasteiger charge is 1.99. The molecule has 2 nitrogen and oxygen atoms in total.